The molecule has 2 rings (SSSR count). The summed E-state index contributed by atoms with van der Waals surface area (Å²) in [6, 6.07) is 8.21. The van der Waals surface area contributed by atoms with Crippen molar-refractivity contribution in [1.82, 2.24) is 0 Å². The molecule has 1 aromatic heterocycles. The minimum Gasteiger partial charge on any atom is -0.493 e. The molecule has 0 radical (unpaired) electrons. The fourth-order valence-corrected chi connectivity index (χ4v) is 2.48. The minimum absolute atomic E-state index is 0.0517. The Hall–Kier alpha value is -2.34. The van der Waals surface area contributed by atoms with Crippen LogP contribution >= 0.6 is 11.3 Å². The van der Waals surface area contributed by atoms with Gasteiger partial charge < -0.3 is 14.6 Å². The Morgan fingerprint density at radius 2 is 1.95 bits per heavy atom. The van der Waals surface area contributed by atoms with Gasteiger partial charge in [-0.1, -0.05) is 0 Å². The van der Waals surface area contributed by atoms with E-state index in [0.29, 0.717) is 17.1 Å². The van der Waals surface area contributed by atoms with Crippen molar-refractivity contribution in [2.24, 2.45) is 0 Å². The molecule has 0 bridgehead atoms. The number of ketones is 1. The second-order valence-electron chi connectivity index (χ2n) is 4.28. The summed E-state index contributed by atoms with van der Waals surface area (Å²) in [5.41, 5.74) is 0.545. The predicted octanol–water partition coefficient (Wildman–Crippen LogP) is 3.24. The maximum Gasteiger partial charge on any atom is 0.345 e. The average Bonchev–Trinajstić information content (AvgIpc) is 2.93. The van der Waals surface area contributed by atoms with Gasteiger partial charge in [0.2, 0.25) is 0 Å². The van der Waals surface area contributed by atoms with Gasteiger partial charge in [0, 0.05) is 10.4 Å². The molecule has 0 fully saturated rings. The molecule has 0 spiro atoms. The summed E-state index contributed by atoms with van der Waals surface area (Å²) in [4.78, 5) is 23.2. The van der Waals surface area contributed by atoms with Crippen molar-refractivity contribution >= 4 is 23.1 Å². The smallest absolute Gasteiger partial charge is 0.345 e. The van der Waals surface area contributed by atoms with E-state index in [9.17, 15) is 9.59 Å². The summed E-state index contributed by atoms with van der Waals surface area (Å²) in [6.45, 7) is 1.72. The third kappa shape index (κ3) is 3.61. The van der Waals surface area contributed by atoms with Gasteiger partial charge >= 0.3 is 5.97 Å². The third-order valence-electron chi connectivity index (χ3n) is 2.81. The maximum atomic E-state index is 11.3. The fraction of sp³-hybridized carbons (Fsp3) is 0.200. The van der Waals surface area contributed by atoms with E-state index >= 15 is 0 Å². The molecule has 0 aliphatic heterocycles. The van der Waals surface area contributed by atoms with Crippen LogP contribution in [0.3, 0.4) is 0 Å². The number of hydrogen-bond donors (Lipinski definition) is 1. The highest BCUT2D eigenvalue weighted by Crippen LogP contribution is 2.29. The van der Waals surface area contributed by atoms with Crippen molar-refractivity contribution in [3.8, 4) is 11.5 Å². The van der Waals surface area contributed by atoms with Gasteiger partial charge in [-0.3, -0.25) is 4.79 Å². The first-order valence-electron chi connectivity index (χ1n) is 6.15. The first-order valence-corrected chi connectivity index (χ1v) is 6.96. The molecule has 2 aromatic rings. The van der Waals surface area contributed by atoms with Crippen molar-refractivity contribution in [2.45, 2.75) is 13.5 Å². The largest absolute Gasteiger partial charge is 0.493 e. The van der Waals surface area contributed by atoms with Crippen molar-refractivity contribution in [2.75, 3.05) is 7.11 Å². The minimum atomic E-state index is -0.949. The van der Waals surface area contributed by atoms with E-state index in [2.05, 4.69) is 0 Å². The van der Waals surface area contributed by atoms with Crippen LogP contribution in [0, 0.1) is 0 Å². The second kappa shape index (κ2) is 6.41. The molecule has 110 valence electrons. The summed E-state index contributed by atoms with van der Waals surface area (Å²) in [6.07, 6.45) is 0. The van der Waals surface area contributed by atoms with Gasteiger partial charge in [-0.05, 0) is 37.3 Å². The van der Waals surface area contributed by atoms with Crippen LogP contribution in [0.1, 0.15) is 31.8 Å². The van der Waals surface area contributed by atoms with E-state index in [1.807, 2.05) is 0 Å². The van der Waals surface area contributed by atoms with Crippen LogP contribution in [0.15, 0.2) is 30.3 Å². The first-order chi connectivity index (χ1) is 10.0. The zero-order valence-corrected chi connectivity index (χ0v) is 12.4. The topological polar surface area (TPSA) is 72.8 Å². The average molecular weight is 306 g/mol. The molecule has 1 aromatic carbocycles. The molecule has 21 heavy (non-hydrogen) atoms. The van der Waals surface area contributed by atoms with Gasteiger partial charge in [0.15, 0.2) is 17.3 Å². The van der Waals surface area contributed by atoms with Gasteiger partial charge in [-0.15, -0.1) is 11.3 Å². The van der Waals surface area contributed by atoms with Gasteiger partial charge in [-0.2, -0.15) is 0 Å². The number of benzene rings is 1. The highest BCUT2D eigenvalue weighted by Gasteiger charge is 2.10. The molecule has 0 saturated heterocycles. The Bertz CT molecular complexity index is 674. The quantitative estimate of drug-likeness (QED) is 0.829. The predicted molar refractivity (Wildman–Crippen MR) is 78.6 cm³/mol. The van der Waals surface area contributed by atoms with Gasteiger partial charge in [0.25, 0.3) is 0 Å². The SMILES string of the molecule is COc1cc(C(C)=O)ccc1OCc1ccc(C(=O)O)s1. The number of hydrogen-bond acceptors (Lipinski definition) is 5. The molecule has 6 heteroatoms. The van der Waals surface area contributed by atoms with Crippen molar-refractivity contribution in [1.29, 1.82) is 0 Å². The Morgan fingerprint density at radius 3 is 2.52 bits per heavy atom. The third-order valence-corrected chi connectivity index (χ3v) is 3.86. The zero-order chi connectivity index (χ0) is 15.4. The van der Waals surface area contributed by atoms with Crippen molar-refractivity contribution in [3.63, 3.8) is 0 Å². The molecule has 0 unspecified atom stereocenters. The van der Waals surface area contributed by atoms with Crippen LogP contribution < -0.4 is 9.47 Å². The monoisotopic (exact) mass is 306 g/mol. The lowest BCUT2D eigenvalue weighted by Crippen LogP contribution is -1.99. The number of aromatic carboxylic acids is 1. The fourth-order valence-electron chi connectivity index (χ4n) is 1.73. The summed E-state index contributed by atoms with van der Waals surface area (Å²) in [5.74, 6) is -0.0238. The van der Waals surface area contributed by atoms with Gasteiger partial charge in [-0.25, -0.2) is 4.79 Å². The number of carboxylic acid groups (broad SMARTS) is 1. The van der Waals surface area contributed by atoms with Crippen LogP contribution in [0.4, 0.5) is 0 Å². The van der Waals surface area contributed by atoms with Crippen molar-refractivity contribution in [3.05, 3.63) is 45.6 Å². The maximum absolute atomic E-state index is 11.3. The molecule has 5 nitrogen and oxygen atoms in total. The molecule has 1 heterocycles. The number of rotatable bonds is 6. The van der Waals surface area contributed by atoms with Crippen LogP contribution in [0.25, 0.3) is 0 Å². The Morgan fingerprint density at radius 1 is 1.19 bits per heavy atom. The van der Waals surface area contributed by atoms with Crippen LogP contribution in [0.5, 0.6) is 11.5 Å². The van der Waals surface area contributed by atoms with E-state index in [4.69, 9.17) is 14.6 Å². The number of carbonyl (C=O) groups is 2. The molecule has 0 saturated carbocycles. The van der Waals surface area contributed by atoms with Crippen LogP contribution in [-0.4, -0.2) is 24.0 Å². The van der Waals surface area contributed by atoms with E-state index in [1.54, 1.807) is 30.3 Å². The summed E-state index contributed by atoms with van der Waals surface area (Å²) < 4.78 is 10.8. The van der Waals surface area contributed by atoms with E-state index in [0.717, 1.165) is 16.2 Å². The van der Waals surface area contributed by atoms with Gasteiger partial charge in [0.1, 0.15) is 11.5 Å². The number of thiophene rings is 1. The number of carboxylic acids is 1. The molecule has 0 aliphatic carbocycles. The number of methoxy groups -OCH3 is 1. The normalized spacial score (nSPS) is 10.2. The lowest BCUT2D eigenvalue weighted by Gasteiger charge is -2.10. The number of Topliss-reactive ketones (excluding diaryl/α,β-unsaturated/α-hetero) is 1. The molecular weight excluding hydrogens is 292 g/mol. The summed E-state index contributed by atoms with van der Waals surface area (Å²) >= 11 is 1.16. The van der Waals surface area contributed by atoms with Gasteiger partial charge in [0.05, 0.1) is 7.11 Å². The van der Waals surface area contributed by atoms with Crippen LogP contribution in [-0.2, 0) is 6.61 Å². The number of carbonyl (C=O) groups excluding carboxylic acids is 1. The van der Waals surface area contributed by atoms with Crippen molar-refractivity contribution < 1.29 is 24.2 Å². The standard InChI is InChI=1S/C15H14O5S/c1-9(16)10-3-5-12(13(7-10)19-2)20-8-11-4-6-14(21-11)15(17)18/h3-7H,8H2,1-2H3,(H,17,18). The lowest BCUT2D eigenvalue weighted by atomic mass is 10.1. The Balaban J connectivity index is 2.11. The van der Waals surface area contributed by atoms with E-state index < -0.39 is 5.97 Å². The Kier molecular flexibility index (Phi) is 4.59. The second-order valence-corrected chi connectivity index (χ2v) is 5.45. The Labute approximate surface area is 125 Å². The molecular formula is C15H14O5S. The van der Waals surface area contributed by atoms with E-state index in [1.165, 1.54) is 14.0 Å². The molecule has 1 N–H and O–H groups in total. The highest BCUT2D eigenvalue weighted by atomic mass is 32.1. The zero-order valence-electron chi connectivity index (χ0n) is 11.6. The molecule has 0 aliphatic rings. The molecule has 0 amide bonds. The summed E-state index contributed by atoms with van der Waals surface area (Å²) in [5, 5.41) is 8.87. The van der Waals surface area contributed by atoms with Crippen LogP contribution in [0.2, 0.25) is 0 Å². The van der Waals surface area contributed by atoms with E-state index in [-0.39, 0.29) is 17.3 Å². The lowest BCUT2D eigenvalue weighted by molar-refractivity contribution is 0.0702. The molecule has 0 atom stereocenters. The number of ether oxygens (including phenoxy) is 2. The first kappa shape index (κ1) is 15.1. The highest BCUT2D eigenvalue weighted by molar-refractivity contribution is 7.13. The summed E-state index contributed by atoms with van der Waals surface area (Å²) in [7, 11) is 1.50.